The van der Waals surface area contributed by atoms with Gasteiger partial charge in [0.15, 0.2) is 5.84 Å². The number of likely N-dealkylation sites (N-methyl/N-ethyl adjacent to an activating group) is 1. The number of amidine groups is 1. The van der Waals surface area contributed by atoms with E-state index in [9.17, 15) is 4.79 Å². The van der Waals surface area contributed by atoms with E-state index in [1.807, 2.05) is 44.2 Å². The molecular formula is C13H17N3O. The van der Waals surface area contributed by atoms with Gasteiger partial charge in [0.2, 0.25) is 0 Å². The van der Waals surface area contributed by atoms with Crippen LogP contribution in [0.15, 0.2) is 35.3 Å². The third-order valence-electron chi connectivity index (χ3n) is 2.74. The SMILES string of the molecule is CCN(C(=O)C1=NCC(C)N1)c1ccccc1. The Morgan fingerprint density at radius 1 is 1.47 bits per heavy atom. The van der Waals surface area contributed by atoms with Crippen molar-refractivity contribution in [1.82, 2.24) is 5.32 Å². The molecule has 0 bridgehead atoms. The maximum absolute atomic E-state index is 12.3. The molecule has 1 atom stereocenters. The number of para-hydroxylation sites is 1. The minimum Gasteiger partial charge on any atom is -0.361 e. The summed E-state index contributed by atoms with van der Waals surface area (Å²) in [6.07, 6.45) is 0. The lowest BCUT2D eigenvalue weighted by molar-refractivity contribution is -0.112. The van der Waals surface area contributed by atoms with Gasteiger partial charge >= 0.3 is 0 Å². The topological polar surface area (TPSA) is 44.7 Å². The van der Waals surface area contributed by atoms with Crippen LogP contribution in [-0.2, 0) is 4.79 Å². The number of rotatable bonds is 3. The van der Waals surface area contributed by atoms with Gasteiger partial charge in [0.1, 0.15) is 0 Å². The van der Waals surface area contributed by atoms with Crippen molar-refractivity contribution in [3.05, 3.63) is 30.3 Å². The highest BCUT2D eigenvalue weighted by atomic mass is 16.2. The molecule has 0 spiro atoms. The van der Waals surface area contributed by atoms with Crippen molar-refractivity contribution in [1.29, 1.82) is 0 Å². The van der Waals surface area contributed by atoms with Gasteiger partial charge in [-0.2, -0.15) is 0 Å². The van der Waals surface area contributed by atoms with Crippen molar-refractivity contribution in [2.75, 3.05) is 18.0 Å². The molecule has 4 heteroatoms. The lowest BCUT2D eigenvalue weighted by Gasteiger charge is -2.21. The van der Waals surface area contributed by atoms with Gasteiger partial charge in [0.05, 0.1) is 6.54 Å². The van der Waals surface area contributed by atoms with Crippen molar-refractivity contribution in [2.24, 2.45) is 4.99 Å². The van der Waals surface area contributed by atoms with E-state index < -0.39 is 0 Å². The van der Waals surface area contributed by atoms with Gasteiger partial charge in [-0.1, -0.05) is 18.2 Å². The molecule has 1 aromatic carbocycles. The van der Waals surface area contributed by atoms with Crippen molar-refractivity contribution in [3.63, 3.8) is 0 Å². The second-order valence-corrected chi connectivity index (χ2v) is 4.12. The molecule has 4 nitrogen and oxygen atoms in total. The molecular weight excluding hydrogens is 214 g/mol. The summed E-state index contributed by atoms with van der Waals surface area (Å²) in [5.74, 6) is 0.422. The van der Waals surface area contributed by atoms with Crippen molar-refractivity contribution in [3.8, 4) is 0 Å². The number of carbonyl (C=O) groups excluding carboxylic acids is 1. The summed E-state index contributed by atoms with van der Waals surface area (Å²) in [5, 5.41) is 3.10. The fraction of sp³-hybridized carbons (Fsp3) is 0.385. The lowest BCUT2D eigenvalue weighted by Crippen LogP contribution is -2.43. The lowest BCUT2D eigenvalue weighted by atomic mass is 10.2. The highest BCUT2D eigenvalue weighted by molar-refractivity contribution is 6.43. The fourth-order valence-electron chi connectivity index (χ4n) is 1.86. The normalized spacial score (nSPS) is 18.5. The molecule has 1 aliphatic rings. The van der Waals surface area contributed by atoms with Gasteiger partial charge in [-0.25, -0.2) is 0 Å². The van der Waals surface area contributed by atoms with E-state index >= 15 is 0 Å². The minimum atomic E-state index is -0.0527. The number of anilines is 1. The Kier molecular flexibility index (Phi) is 3.42. The molecule has 1 aromatic rings. The molecule has 0 radical (unpaired) electrons. The van der Waals surface area contributed by atoms with E-state index in [1.165, 1.54) is 0 Å². The first kappa shape index (κ1) is 11.6. The quantitative estimate of drug-likeness (QED) is 0.855. The summed E-state index contributed by atoms with van der Waals surface area (Å²) in [7, 11) is 0. The Hall–Kier alpha value is -1.84. The molecule has 90 valence electrons. The van der Waals surface area contributed by atoms with Crippen LogP contribution in [0.1, 0.15) is 13.8 Å². The first-order valence-electron chi connectivity index (χ1n) is 5.90. The number of aliphatic imine (C=N–C) groups is 1. The summed E-state index contributed by atoms with van der Waals surface area (Å²) in [4.78, 5) is 18.2. The highest BCUT2D eigenvalue weighted by Gasteiger charge is 2.24. The third-order valence-corrected chi connectivity index (χ3v) is 2.74. The van der Waals surface area contributed by atoms with Gasteiger partial charge in [0, 0.05) is 18.3 Å². The summed E-state index contributed by atoms with van der Waals surface area (Å²) < 4.78 is 0. The first-order valence-corrected chi connectivity index (χ1v) is 5.90. The smallest absolute Gasteiger partial charge is 0.293 e. The maximum Gasteiger partial charge on any atom is 0.293 e. The van der Waals surface area contributed by atoms with Gasteiger partial charge < -0.3 is 10.2 Å². The van der Waals surface area contributed by atoms with Crippen LogP contribution in [-0.4, -0.2) is 30.9 Å². The number of benzene rings is 1. The fourth-order valence-corrected chi connectivity index (χ4v) is 1.86. The van der Waals surface area contributed by atoms with Crippen molar-refractivity contribution >= 4 is 17.4 Å². The number of hydrogen-bond donors (Lipinski definition) is 1. The van der Waals surface area contributed by atoms with Gasteiger partial charge in [-0.3, -0.25) is 9.79 Å². The van der Waals surface area contributed by atoms with Crippen molar-refractivity contribution < 1.29 is 4.79 Å². The number of nitrogens with zero attached hydrogens (tertiary/aromatic N) is 2. The maximum atomic E-state index is 12.3. The summed E-state index contributed by atoms with van der Waals surface area (Å²) in [6.45, 7) is 5.29. The van der Waals surface area contributed by atoms with Gasteiger partial charge in [-0.05, 0) is 26.0 Å². The molecule has 0 aromatic heterocycles. The van der Waals surface area contributed by atoms with E-state index in [1.54, 1.807) is 4.90 Å². The third kappa shape index (κ3) is 2.46. The minimum absolute atomic E-state index is 0.0527. The largest absolute Gasteiger partial charge is 0.361 e. The zero-order valence-corrected chi connectivity index (χ0v) is 10.2. The summed E-state index contributed by atoms with van der Waals surface area (Å²) >= 11 is 0. The van der Waals surface area contributed by atoms with E-state index in [-0.39, 0.29) is 11.9 Å². The van der Waals surface area contributed by atoms with Gasteiger partial charge in [-0.15, -0.1) is 0 Å². The predicted octanol–water partition coefficient (Wildman–Crippen LogP) is 1.43. The molecule has 1 amide bonds. The van der Waals surface area contributed by atoms with Crippen LogP contribution in [0.5, 0.6) is 0 Å². The molecule has 1 aliphatic heterocycles. The molecule has 2 rings (SSSR count). The average molecular weight is 231 g/mol. The molecule has 1 N–H and O–H groups in total. The molecule has 1 unspecified atom stereocenters. The second kappa shape index (κ2) is 4.99. The number of nitrogens with one attached hydrogen (secondary N) is 1. The number of carbonyl (C=O) groups is 1. The van der Waals surface area contributed by atoms with Crippen LogP contribution in [0, 0.1) is 0 Å². The van der Waals surface area contributed by atoms with Crippen LogP contribution in [0.25, 0.3) is 0 Å². The Labute approximate surface area is 101 Å². The zero-order valence-electron chi connectivity index (χ0n) is 10.2. The Morgan fingerprint density at radius 2 is 2.18 bits per heavy atom. The van der Waals surface area contributed by atoms with Crippen LogP contribution in [0.3, 0.4) is 0 Å². The summed E-state index contributed by atoms with van der Waals surface area (Å²) in [6, 6.07) is 9.91. The van der Waals surface area contributed by atoms with E-state index in [0.717, 1.165) is 5.69 Å². The number of hydrogen-bond acceptors (Lipinski definition) is 3. The predicted molar refractivity (Wildman–Crippen MR) is 69.4 cm³/mol. The van der Waals surface area contributed by atoms with Gasteiger partial charge in [0.25, 0.3) is 5.91 Å². The number of amides is 1. The second-order valence-electron chi connectivity index (χ2n) is 4.12. The van der Waals surface area contributed by atoms with Crippen LogP contribution in [0.2, 0.25) is 0 Å². The highest BCUT2D eigenvalue weighted by Crippen LogP contribution is 2.14. The van der Waals surface area contributed by atoms with Crippen LogP contribution < -0.4 is 10.2 Å². The molecule has 0 aliphatic carbocycles. The van der Waals surface area contributed by atoms with E-state index in [4.69, 9.17) is 0 Å². The molecule has 0 saturated carbocycles. The molecule has 0 fully saturated rings. The van der Waals surface area contributed by atoms with E-state index in [2.05, 4.69) is 10.3 Å². The first-order chi connectivity index (χ1) is 8.22. The average Bonchev–Trinajstić information content (AvgIpc) is 2.78. The molecule has 17 heavy (non-hydrogen) atoms. The Bertz CT molecular complexity index is 428. The summed E-state index contributed by atoms with van der Waals surface area (Å²) in [5.41, 5.74) is 0.907. The van der Waals surface area contributed by atoms with Crippen LogP contribution >= 0.6 is 0 Å². The van der Waals surface area contributed by atoms with E-state index in [0.29, 0.717) is 18.9 Å². The standard InChI is InChI=1S/C13H17N3O/c1-3-16(11-7-5-4-6-8-11)13(17)12-14-9-10(2)15-12/h4-8,10H,3,9H2,1-2H3,(H,14,15). The monoisotopic (exact) mass is 231 g/mol. The zero-order chi connectivity index (χ0) is 12.3. The Balaban J connectivity index is 2.17. The molecule has 1 heterocycles. The Morgan fingerprint density at radius 3 is 2.71 bits per heavy atom. The molecule has 0 saturated heterocycles. The van der Waals surface area contributed by atoms with Crippen LogP contribution in [0.4, 0.5) is 5.69 Å². The van der Waals surface area contributed by atoms with Crippen molar-refractivity contribution in [2.45, 2.75) is 19.9 Å².